The predicted molar refractivity (Wildman–Crippen MR) is 122 cm³/mol. The van der Waals surface area contributed by atoms with Gasteiger partial charge in [0.15, 0.2) is 5.78 Å². The molecule has 1 N–H and O–H groups in total. The van der Waals surface area contributed by atoms with Crippen LogP contribution in [0.15, 0.2) is 54.6 Å². The van der Waals surface area contributed by atoms with Gasteiger partial charge in [-0.3, -0.25) is 14.5 Å². The number of carbonyl (C=O) groups is 2. The second kappa shape index (κ2) is 9.44. The highest BCUT2D eigenvalue weighted by Gasteiger charge is 2.26. The van der Waals surface area contributed by atoms with Crippen LogP contribution in [0.1, 0.15) is 34.5 Å². The Morgan fingerprint density at radius 3 is 2.34 bits per heavy atom. The molecule has 0 aliphatic carbocycles. The summed E-state index contributed by atoms with van der Waals surface area (Å²) in [7, 11) is 0. The second-order valence-electron chi connectivity index (χ2n) is 8.39. The maximum Gasteiger partial charge on any atom is 0.239 e. The fourth-order valence-corrected chi connectivity index (χ4v) is 4.06. The van der Waals surface area contributed by atoms with E-state index in [4.69, 9.17) is 0 Å². The van der Waals surface area contributed by atoms with Gasteiger partial charge in [-0.15, -0.1) is 0 Å². The van der Waals surface area contributed by atoms with Crippen LogP contribution in [0.2, 0.25) is 0 Å². The van der Waals surface area contributed by atoms with Gasteiger partial charge in [-0.05, 0) is 64.0 Å². The number of amides is 1. The first kappa shape index (κ1) is 21.9. The van der Waals surface area contributed by atoms with E-state index in [1.807, 2.05) is 38.1 Å². The summed E-state index contributed by atoms with van der Waals surface area (Å²) < 4.78 is 14.8. The number of anilines is 1. The molecule has 1 aromatic heterocycles. The average Bonchev–Trinajstić information content (AvgIpc) is 3.14. The Morgan fingerprint density at radius 1 is 1.03 bits per heavy atom. The zero-order valence-electron chi connectivity index (χ0n) is 18.3. The Kier molecular flexibility index (Phi) is 6.46. The maximum atomic E-state index is 13.2. The zero-order chi connectivity index (χ0) is 22.7. The predicted octanol–water partition coefficient (Wildman–Crippen LogP) is 4.16. The lowest BCUT2D eigenvalue weighted by Gasteiger charge is -2.30. The molecule has 32 heavy (non-hydrogen) atoms. The fourth-order valence-electron chi connectivity index (χ4n) is 4.06. The van der Waals surface area contributed by atoms with Crippen molar-refractivity contribution in [3.8, 4) is 5.69 Å². The van der Waals surface area contributed by atoms with E-state index in [9.17, 15) is 14.0 Å². The molecular formula is C25H27FN4O2. The molecule has 7 heteroatoms. The van der Waals surface area contributed by atoms with Crippen LogP contribution < -0.4 is 5.32 Å². The minimum atomic E-state index is -0.326. The molecule has 1 aliphatic heterocycles. The molecule has 0 saturated carbocycles. The molecule has 0 spiro atoms. The Balaban J connectivity index is 1.33. The van der Waals surface area contributed by atoms with Crippen LogP contribution in [-0.2, 0) is 4.79 Å². The van der Waals surface area contributed by atoms with Gasteiger partial charge in [-0.1, -0.05) is 29.8 Å². The van der Waals surface area contributed by atoms with Crippen molar-refractivity contribution in [2.45, 2.75) is 26.7 Å². The Labute approximate surface area is 187 Å². The summed E-state index contributed by atoms with van der Waals surface area (Å²) in [6.45, 7) is 5.49. The number of halogens is 1. The van der Waals surface area contributed by atoms with Crippen molar-refractivity contribution in [3.05, 3.63) is 77.2 Å². The van der Waals surface area contributed by atoms with E-state index < -0.39 is 0 Å². The third-order valence-corrected chi connectivity index (χ3v) is 5.83. The summed E-state index contributed by atoms with van der Waals surface area (Å²) in [6.07, 6.45) is 1.49. The number of nitrogens with one attached hydrogen (secondary N) is 1. The highest BCUT2D eigenvalue weighted by molar-refractivity contribution is 5.98. The summed E-state index contributed by atoms with van der Waals surface area (Å²) in [6, 6.07) is 15.5. The third kappa shape index (κ3) is 5.11. The van der Waals surface area contributed by atoms with Crippen LogP contribution >= 0.6 is 0 Å². The number of carbonyl (C=O) groups excluding carboxylic acids is 2. The van der Waals surface area contributed by atoms with Crippen molar-refractivity contribution in [1.82, 2.24) is 14.7 Å². The lowest BCUT2D eigenvalue weighted by molar-refractivity contribution is -0.117. The molecule has 1 fully saturated rings. The van der Waals surface area contributed by atoms with Gasteiger partial charge in [0.05, 0.1) is 17.9 Å². The van der Waals surface area contributed by atoms with Crippen molar-refractivity contribution in [1.29, 1.82) is 0 Å². The Morgan fingerprint density at radius 2 is 1.69 bits per heavy atom. The highest BCUT2D eigenvalue weighted by Crippen LogP contribution is 2.22. The molecule has 2 heterocycles. The van der Waals surface area contributed by atoms with E-state index in [1.54, 1.807) is 22.9 Å². The number of ketones is 1. The number of nitrogens with zero attached hydrogens (tertiary/aromatic N) is 3. The van der Waals surface area contributed by atoms with Crippen molar-refractivity contribution in [2.24, 2.45) is 5.92 Å². The van der Waals surface area contributed by atoms with Crippen LogP contribution in [0.3, 0.4) is 0 Å². The molecule has 0 radical (unpaired) electrons. The van der Waals surface area contributed by atoms with E-state index in [1.165, 1.54) is 12.1 Å². The number of aromatic nitrogens is 2. The van der Waals surface area contributed by atoms with Gasteiger partial charge in [0.2, 0.25) is 5.91 Å². The molecule has 166 valence electrons. The first-order valence-corrected chi connectivity index (χ1v) is 10.8. The molecule has 0 bridgehead atoms. The van der Waals surface area contributed by atoms with Crippen molar-refractivity contribution >= 4 is 17.5 Å². The molecule has 3 aromatic rings. The quantitative estimate of drug-likeness (QED) is 0.592. The minimum absolute atomic E-state index is 0.000394. The van der Waals surface area contributed by atoms with Gasteiger partial charge >= 0.3 is 0 Å². The van der Waals surface area contributed by atoms with Crippen molar-refractivity contribution in [2.75, 3.05) is 25.0 Å². The van der Waals surface area contributed by atoms with Gasteiger partial charge in [0.1, 0.15) is 11.6 Å². The number of Topliss-reactive ketones (excluding diaryl/α,β-unsaturated/α-hetero) is 1. The molecular weight excluding hydrogens is 407 g/mol. The monoisotopic (exact) mass is 434 g/mol. The number of rotatable bonds is 6. The molecule has 4 rings (SSSR count). The van der Waals surface area contributed by atoms with Crippen LogP contribution in [0, 0.1) is 25.6 Å². The number of benzene rings is 2. The molecule has 0 atom stereocenters. The Hall–Kier alpha value is -3.32. The standard InChI is InChI=1S/C25H27FN4O2/c1-17-3-5-19(6-4-17)25(32)20-11-13-29(14-12-20)16-24(31)27-23-15-18(2)28-30(23)22-9-7-21(26)8-10-22/h3-10,15,20H,11-14,16H2,1-2H3,(H,27,31). The first-order chi connectivity index (χ1) is 15.4. The molecule has 1 amide bonds. The third-order valence-electron chi connectivity index (χ3n) is 5.83. The zero-order valence-corrected chi connectivity index (χ0v) is 18.3. The summed E-state index contributed by atoms with van der Waals surface area (Å²) in [4.78, 5) is 27.5. The van der Waals surface area contributed by atoms with Crippen LogP contribution in [0.4, 0.5) is 10.2 Å². The molecule has 0 unspecified atom stereocenters. The van der Waals surface area contributed by atoms with Gasteiger partial charge in [-0.2, -0.15) is 5.10 Å². The van der Waals surface area contributed by atoms with Crippen molar-refractivity contribution < 1.29 is 14.0 Å². The average molecular weight is 435 g/mol. The topological polar surface area (TPSA) is 67.2 Å². The second-order valence-corrected chi connectivity index (χ2v) is 8.39. The highest BCUT2D eigenvalue weighted by atomic mass is 19.1. The normalized spacial score (nSPS) is 15.0. The summed E-state index contributed by atoms with van der Waals surface area (Å²) >= 11 is 0. The summed E-state index contributed by atoms with van der Waals surface area (Å²) in [5, 5.41) is 7.32. The van der Waals surface area contributed by atoms with E-state index in [0.29, 0.717) is 24.6 Å². The summed E-state index contributed by atoms with van der Waals surface area (Å²) in [5.74, 6) is 0.264. The van der Waals surface area contributed by atoms with Crippen LogP contribution in [0.25, 0.3) is 5.69 Å². The van der Waals surface area contributed by atoms with Crippen molar-refractivity contribution in [3.63, 3.8) is 0 Å². The van der Waals surface area contributed by atoms with Gasteiger partial charge in [0, 0.05) is 17.5 Å². The fraction of sp³-hybridized carbons (Fsp3) is 0.320. The SMILES string of the molecule is Cc1ccc(C(=O)C2CCN(CC(=O)Nc3cc(C)nn3-c3ccc(F)cc3)CC2)cc1. The maximum absolute atomic E-state index is 13.2. The van der Waals surface area contributed by atoms with E-state index in [-0.39, 0.29) is 30.0 Å². The van der Waals surface area contributed by atoms with Crippen LogP contribution in [-0.4, -0.2) is 46.0 Å². The lowest BCUT2D eigenvalue weighted by Crippen LogP contribution is -2.41. The Bertz CT molecular complexity index is 1100. The van der Waals surface area contributed by atoms with E-state index in [0.717, 1.165) is 29.7 Å². The van der Waals surface area contributed by atoms with E-state index in [2.05, 4.69) is 15.3 Å². The number of hydrogen-bond donors (Lipinski definition) is 1. The largest absolute Gasteiger partial charge is 0.309 e. The molecule has 1 saturated heterocycles. The lowest BCUT2D eigenvalue weighted by atomic mass is 9.88. The summed E-state index contributed by atoms with van der Waals surface area (Å²) in [5.41, 5.74) is 3.32. The number of hydrogen-bond acceptors (Lipinski definition) is 4. The molecule has 1 aliphatic rings. The number of piperidine rings is 1. The first-order valence-electron chi connectivity index (χ1n) is 10.8. The molecule has 6 nitrogen and oxygen atoms in total. The van der Waals surface area contributed by atoms with Gasteiger partial charge in [0.25, 0.3) is 0 Å². The number of likely N-dealkylation sites (tertiary alicyclic amines) is 1. The molecule has 2 aromatic carbocycles. The minimum Gasteiger partial charge on any atom is -0.309 e. The smallest absolute Gasteiger partial charge is 0.239 e. The van der Waals surface area contributed by atoms with Gasteiger partial charge in [-0.25, -0.2) is 9.07 Å². The van der Waals surface area contributed by atoms with Gasteiger partial charge < -0.3 is 5.32 Å². The van der Waals surface area contributed by atoms with E-state index >= 15 is 0 Å². The number of aryl methyl sites for hydroxylation is 2. The van der Waals surface area contributed by atoms with Crippen LogP contribution in [0.5, 0.6) is 0 Å².